The Morgan fingerprint density at radius 3 is 2.70 bits per heavy atom. The molecule has 1 unspecified atom stereocenters. The van der Waals surface area contributed by atoms with Gasteiger partial charge in [0.15, 0.2) is 11.6 Å². The van der Waals surface area contributed by atoms with Crippen LogP contribution in [0.1, 0.15) is 26.2 Å². The number of hydrogen-bond donors (Lipinski definition) is 1. The average Bonchev–Trinajstić information content (AvgIpc) is 3.21. The van der Waals surface area contributed by atoms with Crippen molar-refractivity contribution in [2.24, 2.45) is 5.92 Å². The summed E-state index contributed by atoms with van der Waals surface area (Å²) < 4.78 is 40.7. The molecule has 1 aliphatic carbocycles. The lowest BCUT2D eigenvalue weighted by molar-refractivity contribution is 0.330. The first-order valence-corrected chi connectivity index (χ1v) is 7.14. The van der Waals surface area contributed by atoms with Crippen molar-refractivity contribution in [1.82, 2.24) is 5.32 Å². The highest BCUT2D eigenvalue weighted by atomic mass is 19.2. The van der Waals surface area contributed by atoms with Crippen LogP contribution < -0.4 is 10.2 Å². The normalized spacial score (nSPS) is 27.5. The Morgan fingerprint density at radius 1 is 1.25 bits per heavy atom. The van der Waals surface area contributed by atoms with Crippen molar-refractivity contribution in [2.75, 3.05) is 24.5 Å². The van der Waals surface area contributed by atoms with E-state index in [0.717, 1.165) is 31.9 Å². The van der Waals surface area contributed by atoms with Gasteiger partial charge in [-0.2, -0.15) is 0 Å². The molecule has 0 spiro atoms. The SMILES string of the molecule is CC1(C2CC2)CN(c2cc(F)cc(F)c2F)CCCN1. The third kappa shape index (κ3) is 2.51. The molecule has 0 aromatic heterocycles. The number of rotatable bonds is 2. The molecular weight excluding hydrogens is 265 g/mol. The van der Waals surface area contributed by atoms with Gasteiger partial charge in [0.1, 0.15) is 5.82 Å². The predicted molar refractivity (Wildman–Crippen MR) is 72.3 cm³/mol. The van der Waals surface area contributed by atoms with E-state index in [1.54, 1.807) is 4.90 Å². The quantitative estimate of drug-likeness (QED) is 0.840. The smallest absolute Gasteiger partial charge is 0.182 e. The van der Waals surface area contributed by atoms with Crippen molar-refractivity contribution in [2.45, 2.75) is 31.7 Å². The van der Waals surface area contributed by atoms with Crippen LogP contribution >= 0.6 is 0 Å². The van der Waals surface area contributed by atoms with E-state index in [1.165, 1.54) is 0 Å². The second-order valence-corrected chi connectivity index (χ2v) is 6.11. The van der Waals surface area contributed by atoms with Crippen LogP contribution in [0.25, 0.3) is 0 Å². The van der Waals surface area contributed by atoms with Crippen LogP contribution in [-0.2, 0) is 0 Å². The molecule has 2 fully saturated rings. The van der Waals surface area contributed by atoms with Crippen molar-refractivity contribution in [3.05, 3.63) is 29.6 Å². The van der Waals surface area contributed by atoms with Crippen molar-refractivity contribution < 1.29 is 13.2 Å². The van der Waals surface area contributed by atoms with Crippen LogP contribution in [0.5, 0.6) is 0 Å². The van der Waals surface area contributed by atoms with Gasteiger partial charge in [0.05, 0.1) is 5.69 Å². The Hall–Kier alpha value is -1.23. The molecule has 110 valence electrons. The number of hydrogen-bond acceptors (Lipinski definition) is 2. The monoisotopic (exact) mass is 284 g/mol. The lowest BCUT2D eigenvalue weighted by atomic mass is 9.95. The molecule has 1 N–H and O–H groups in total. The zero-order valence-electron chi connectivity index (χ0n) is 11.6. The van der Waals surface area contributed by atoms with Crippen LogP contribution in [0.4, 0.5) is 18.9 Å². The summed E-state index contributed by atoms with van der Waals surface area (Å²) in [7, 11) is 0. The maximum atomic E-state index is 14.0. The second kappa shape index (κ2) is 4.95. The van der Waals surface area contributed by atoms with Crippen molar-refractivity contribution in [3.8, 4) is 0 Å². The molecule has 2 nitrogen and oxygen atoms in total. The fourth-order valence-corrected chi connectivity index (χ4v) is 3.15. The first kappa shape index (κ1) is 13.7. The van der Waals surface area contributed by atoms with Crippen LogP contribution in [-0.4, -0.2) is 25.2 Å². The van der Waals surface area contributed by atoms with Gasteiger partial charge in [0.2, 0.25) is 0 Å². The van der Waals surface area contributed by atoms with E-state index in [9.17, 15) is 13.2 Å². The minimum Gasteiger partial charge on any atom is -0.367 e. The van der Waals surface area contributed by atoms with Gasteiger partial charge in [-0.15, -0.1) is 0 Å². The molecule has 3 rings (SSSR count). The summed E-state index contributed by atoms with van der Waals surface area (Å²) in [6, 6.07) is 1.69. The minimum absolute atomic E-state index is 0.0399. The van der Waals surface area contributed by atoms with Crippen LogP contribution in [0, 0.1) is 23.4 Å². The van der Waals surface area contributed by atoms with Crippen LogP contribution in [0.3, 0.4) is 0 Å². The Balaban J connectivity index is 1.92. The molecule has 1 heterocycles. The standard InChI is InChI=1S/C15H19F3N2/c1-15(10-3-4-10)9-20(6-2-5-19-15)13-8-11(16)7-12(17)14(13)18/h7-8,10,19H,2-6,9H2,1H3. The Morgan fingerprint density at radius 2 is 2.00 bits per heavy atom. The topological polar surface area (TPSA) is 15.3 Å². The summed E-state index contributed by atoms with van der Waals surface area (Å²) in [6.45, 7) is 4.16. The minimum atomic E-state index is -1.12. The lowest BCUT2D eigenvalue weighted by Gasteiger charge is -2.35. The molecular formula is C15H19F3N2. The van der Waals surface area contributed by atoms with E-state index in [1.807, 2.05) is 0 Å². The third-order valence-corrected chi connectivity index (χ3v) is 4.45. The molecule has 0 bridgehead atoms. The first-order valence-electron chi connectivity index (χ1n) is 7.14. The van der Waals surface area contributed by atoms with E-state index in [4.69, 9.17) is 0 Å². The number of benzene rings is 1. The van der Waals surface area contributed by atoms with E-state index in [2.05, 4.69) is 12.2 Å². The summed E-state index contributed by atoms with van der Waals surface area (Å²) in [6.07, 6.45) is 3.16. The van der Waals surface area contributed by atoms with Crippen LogP contribution in [0.15, 0.2) is 12.1 Å². The van der Waals surface area contributed by atoms with Gasteiger partial charge in [-0.3, -0.25) is 0 Å². The second-order valence-electron chi connectivity index (χ2n) is 6.11. The number of halogens is 3. The highest BCUT2D eigenvalue weighted by Gasteiger charge is 2.43. The molecule has 1 aromatic carbocycles. The molecule has 0 radical (unpaired) electrons. The summed E-state index contributed by atoms with van der Waals surface area (Å²) in [4.78, 5) is 1.78. The molecule has 1 aromatic rings. The largest absolute Gasteiger partial charge is 0.367 e. The first-order chi connectivity index (χ1) is 9.49. The third-order valence-electron chi connectivity index (χ3n) is 4.45. The number of nitrogens with one attached hydrogen (secondary N) is 1. The number of nitrogens with zero attached hydrogens (tertiary/aromatic N) is 1. The van der Waals surface area contributed by atoms with Crippen molar-refractivity contribution >= 4 is 5.69 Å². The maximum absolute atomic E-state index is 14.0. The fraction of sp³-hybridized carbons (Fsp3) is 0.600. The molecule has 1 aliphatic heterocycles. The van der Waals surface area contributed by atoms with Gasteiger partial charge < -0.3 is 10.2 Å². The van der Waals surface area contributed by atoms with Gasteiger partial charge in [-0.25, -0.2) is 13.2 Å². The molecule has 1 saturated carbocycles. The summed E-state index contributed by atoms with van der Waals surface area (Å²) in [5, 5.41) is 3.52. The molecule has 0 amide bonds. The van der Waals surface area contributed by atoms with Gasteiger partial charge >= 0.3 is 0 Å². The predicted octanol–water partition coefficient (Wildman–Crippen LogP) is 3.07. The number of anilines is 1. The summed E-state index contributed by atoms with van der Waals surface area (Å²) >= 11 is 0. The average molecular weight is 284 g/mol. The van der Waals surface area contributed by atoms with E-state index >= 15 is 0 Å². The van der Waals surface area contributed by atoms with Gasteiger partial charge in [0, 0.05) is 30.8 Å². The highest BCUT2D eigenvalue weighted by molar-refractivity contribution is 5.49. The van der Waals surface area contributed by atoms with E-state index in [0.29, 0.717) is 25.1 Å². The molecule has 1 saturated heterocycles. The van der Waals surface area contributed by atoms with Gasteiger partial charge in [-0.05, 0) is 38.6 Å². The Labute approximate surface area is 117 Å². The summed E-state index contributed by atoms with van der Waals surface area (Å²) in [5.74, 6) is -2.23. The lowest BCUT2D eigenvalue weighted by Crippen LogP contribution is -2.51. The van der Waals surface area contributed by atoms with E-state index < -0.39 is 17.5 Å². The molecule has 5 heteroatoms. The van der Waals surface area contributed by atoms with E-state index in [-0.39, 0.29) is 11.2 Å². The van der Waals surface area contributed by atoms with Crippen molar-refractivity contribution in [1.29, 1.82) is 0 Å². The Kier molecular flexibility index (Phi) is 3.40. The molecule has 20 heavy (non-hydrogen) atoms. The van der Waals surface area contributed by atoms with Gasteiger partial charge in [-0.1, -0.05) is 0 Å². The highest BCUT2D eigenvalue weighted by Crippen LogP contribution is 2.41. The maximum Gasteiger partial charge on any atom is 0.182 e. The summed E-state index contributed by atoms with van der Waals surface area (Å²) in [5.41, 5.74) is -0.0655. The van der Waals surface area contributed by atoms with Crippen LogP contribution in [0.2, 0.25) is 0 Å². The molecule has 2 aliphatic rings. The zero-order valence-corrected chi connectivity index (χ0v) is 11.6. The van der Waals surface area contributed by atoms with Crippen molar-refractivity contribution in [3.63, 3.8) is 0 Å². The molecule has 1 atom stereocenters. The Bertz CT molecular complexity index is 516. The zero-order chi connectivity index (χ0) is 14.3. The van der Waals surface area contributed by atoms with Gasteiger partial charge in [0.25, 0.3) is 0 Å². The fourth-order valence-electron chi connectivity index (χ4n) is 3.15.